The van der Waals surface area contributed by atoms with Gasteiger partial charge in [0.1, 0.15) is 18.0 Å². The highest BCUT2D eigenvalue weighted by atomic mass is 35.5. The summed E-state index contributed by atoms with van der Waals surface area (Å²) in [5.74, 6) is 0.513. The molecule has 1 saturated carbocycles. The Bertz CT molecular complexity index is 1640. The van der Waals surface area contributed by atoms with E-state index >= 15 is 0 Å². The van der Waals surface area contributed by atoms with Crippen LogP contribution in [-0.2, 0) is 10.2 Å². The number of ether oxygens (including phenoxy) is 1. The molecule has 1 radical (unpaired) electrons. The summed E-state index contributed by atoms with van der Waals surface area (Å²) in [4.78, 5) is 37.0. The van der Waals surface area contributed by atoms with Crippen molar-refractivity contribution in [1.82, 2.24) is 14.9 Å². The number of fused-ring (bicyclic) bond motifs is 1. The molecule has 1 aromatic heterocycles. The monoisotopic (exact) mass is 583 g/mol. The van der Waals surface area contributed by atoms with Gasteiger partial charge in [0, 0.05) is 47.9 Å². The van der Waals surface area contributed by atoms with Gasteiger partial charge < -0.3 is 29.7 Å². The van der Waals surface area contributed by atoms with E-state index in [4.69, 9.17) is 16.3 Å². The van der Waals surface area contributed by atoms with E-state index in [2.05, 4.69) is 35.2 Å². The normalized spacial score (nSPS) is 18.0. The highest BCUT2D eigenvalue weighted by Gasteiger charge is 2.53. The number of nitrogens with one attached hydrogen (secondary N) is 1. The van der Waals surface area contributed by atoms with E-state index in [0.717, 1.165) is 35.8 Å². The average molecular weight is 584 g/mol. The molecule has 1 amide bonds. The van der Waals surface area contributed by atoms with Gasteiger partial charge >= 0.3 is 7.41 Å². The number of hydrogen-bond donors (Lipinski definition) is 2. The molecule has 3 aromatic rings. The molecule has 1 spiro atoms. The van der Waals surface area contributed by atoms with E-state index in [-0.39, 0.29) is 33.8 Å². The maximum atomic E-state index is 13.2. The van der Waals surface area contributed by atoms with Gasteiger partial charge in [-0.05, 0) is 48.7 Å². The summed E-state index contributed by atoms with van der Waals surface area (Å²) >= 11 is 6.58. The first kappa shape index (κ1) is 28.0. The molecule has 2 fully saturated rings. The Labute approximate surface area is 249 Å². The van der Waals surface area contributed by atoms with Crippen molar-refractivity contribution >= 4 is 48.4 Å². The number of carbonyl (C=O) groups is 2. The minimum Gasteiger partial charge on any atom is -0.495 e. The van der Waals surface area contributed by atoms with Crippen LogP contribution in [0.25, 0.3) is 11.3 Å². The van der Waals surface area contributed by atoms with Crippen molar-refractivity contribution in [3.05, 3.63) is 58.2 Å². The van der Waals surface area contributed by atoms with Crippen LogP contribution in [0.2, 0.25) is 5.02 Å². The molecule has 2 N–H and O–H groups in total. The van der Waals surface area contributed by atoms with E-state index in [1.807, 2.05) is 10.9 Å². The van der Waals surface area contributed by atoms with Crippen molar-refractivity contribution in [2.24, 2.45) is 5.41 Å². The zero-order valence-electron chi connectivity index (χ0n) is 23.5. The van der Waals surface area contributed by atoms with Gasteiger partial charge in [-0.15, -0.1) is 0 Å². The third kappa shape index (κ3) is 4.74. The molecule has 3 aliphatic rings. The van der Waals surface area contributed by atoms with Crippen LogP contribution >= 0.6 is 11.6 Å². The van der Waals surface area contributed by atoms with Crippen molar-refractivity contribution in [3.63, 3.8) is 0 Å². The van der Waals surface area contributed by atoms with E-state index in [1.54, 1.807) is 35.4 Å². The molecule has 2 aromatic carbocycles. The number of nitriles is 1. The number of anilines is 3. The predicted octanol–water partition coefficient (Wildman–Crippen LogP) is 3.92. The van der Waals surface area contributed by atoms with E-state index in [9.17, 15) is 20.0 Å². The lowest BCUT2D eigenvalue weighted by atomic mass is 9.62. The van der Waals surface area contributed by atoms with E-state index in [1.165, 1.54) is 14.5 Å². The zero-order chi connectivity index (χ0) is 29.8. The number of likely N-dealkylation sites (tertiary alicyclic amines) is 1. The number of hydrogen-bond acceptors (Lipinski definition) is 9. The second-order valence-electron chi connectivity index (χ2n) is 12.0. The molecule has 6 rings (SSSR count). The van der Waals surface area contributed by atoms with Crippen LogP contribution in [0, 0.1) is 16.7 Å². The van der Waals surface area contributed by atoms with Gasteiger partial charge in [0.25, 0.3) is 5.91 Å². The fourth-order valence-corrected chi connectivity index (χ4v) is 6.69. The number of aliphatic hydroxyl groups is 1. The van der Waals surface area contributed by atoms with Crippen LogP contribution in [0.1, 0.15) is 48.2 Å². The number of rotatable bonds is 7. The predicted molar refractivity (Wildman–Crippen MR) is 160 cm³/mol. The van der Waals surface area contributed by atoms with Gasteiger partial charge in [0.15, 0.2) is 0 Å². The molecule has 0 bridgehead atoms. The number of amides is 1. The van der Waals surface area contributed by atoms with Gasteiger partial charge in [-0.3, -0.25) is 4.79 Å². The maximum absolute atomic E-state index is 13.2. The topological polar surface area (TPSA) is 132 Å². The Balaban J connectivity index is 1.26. The summed E-state index contributed by atoms with van der Waals surface area (Å²) in [7, 11) is 2.97. The highest BCUT2D eigenvalue weighted by molar-refractivity contribution is 6.70. The van der Waals surface area contributed by atoms with Crippen LogP contribution < -0.4 is 14.9 Å². The molecular weight excluding hydrogens is 555 g/mol. The zero-order valence-corrected chi connectivity index (χ0v) is 24.3. The van der Waals surface area contributed by atoms with Crippen LogP contribution in [-0.4, -0.2) is 72.3 Å². The van der Waals surface area contributed by atoms with Crippen molar-refractivity contribution in [1.29, 1.82) is 5.26 Å². The van der Waals surface area contributed by atoms with Crippen LogP contribution in [0.15, 0.2) is 36.5 Å². The molecule has 10 nitrogen and oxygen atoms in total. The van der Waals surface area contributed by atoms with Crippen LogP contribution in [0.4, 0.5) is 17.3 Å². The molecule has 1 aliphatic carbocycles. The Morgan fingerprint density at radius 2 is 2.02 bits per heavy atom. The molecule has 0 atom stereocenters. The van der Waals surface area contributed by atoms with Gasteiger partial charge in [-0.2, -0.15) is 5.26 Å². The van der Waals surface area contributed by atoms with Crippen LogP contribution in [0.3, 0.4) is 0 Å². The number of benzene rings is 2. The minimum absolute atomic E-state index is 0.0470. The largest absolute Gasteiger partial charge is 0.495 e. The van der Waals surface area contributed by atoms with E-state index < -0.39 is 0 Å². The first-order valence-corrected chi connectivity index (χ1v) is 14.0. The quantitative estimate of drug-likeness (QED) is 0.314. The molecule has 2 aliphatic heterocycles. The Morgan fingerprint density at radius 3 is 2.69 bits per heavy atom. The fourth-order valence-electron chi connectivity index (χ4n) is 6.44. The standard InChI is InChI=1S/C30H29BClN6O4/c1-29(2)13-38(31-16-39)26-18(12-33)6-17(7-21(26)29)23-4-5-34-28(35-23)36-24-9-22(32)20(8-25(24)42-3)27(41)37-14-30(15-37)10-19(40)11-30/h4-9,16,19,40H,10-11,13-15H2,1-3H3,(H,34,35,36). The number of nitrogens with zero attached hydrogens (tertiary/aromatic N) is 5. The molecule has 3 heterocycles. The third-order valence-corrected chi connectivity index (χ3v) is 8.76. The highest BCUT2D eigenvalue weighted by Crippen LogP contribution is 2.49. The molecule has 12 heteroatoms. The lowest BCUT2D eigenvalue weighted by molar-refractivity contribution is -0.113. The lowest BCUT2D eigenvalue weighted by Crippen LogP contribution is -2.65. The molecular formula is C30H29BClN6O4. The lowest BCUT2D eigenvalue weighted by Gasteiger charge is -2.57. The number of carbonyl (C=O) groups excluding carboxylic acids is 2. The second kappa shape index (κ2) is 10.3. The summed E-state index contributed by atoms with van der Waals surface area (Å²) in [6.45, 7) is 5.96. The average Bonchev–Trinajstić information content (AvgIpc) is 3.19. The fraction of sp³-hybridized carbons (Fsp3) is 0.367. The Hall–Kier alpha value is -4.14. The molecule has 213 valence electrons. The van der Waals surface area contributed by atoms with Gasteiger partial charge in [0.05, 0.1) is 40.7 Å². The van der Waals surface area contributed by atoms with Crippen molar-refractivity contribution in [3.8, 4) is 23.1 Å². The maximum Gasteiger partial charge on any atom is 0.329 e. The Morgan fingerprint density at radius 1 is 1.26 bits per heavy atom. The third-order valence-electron chi connectivity index (χ3n) is 8.45. The minimum atomic E-state index is -0.288. The molecule has 0 unspecified atom stereocenters. The van der Waals surface area contributed by atoms with Crippen molar-refractivity contribution < 1.29 is 19.4 Å². The number of halogens is 1. The van der Waals surface area contributed by atoms with Gasteiger partial charge in [-0.25, -0.2) is 9.97 Å². The van der Waals surface area contributed by atoms with Gasteiger partial charge in [0.2, 0.25) is 5.95 Å². The summed E-state index contributed by atoms with van der Waals surface area (Å²) < 4.78 is 5.58. The number of aromatic nitrogens is 2. The first-order chi connectivity index (χ1) is 20.1. The summed E-state index contributed by atoms with van der Waals surface area (Å²) in [5, 5.41) is 23.0. The summed E-state index contributed by atoms with van der Waals surface area (Å²) in [5.41, 5.74) is 4.08. The summed E-state index contributed by atoms with van der Waals surface area (Å²) in [6.07, 6.45) is 3.54. The first-order valence-electron chi connectivity index (χ1n) is 13.7. The second-order valence-corrected chi connectivity index (χ2v) is 12.4. The van der Waals surface area contributed by atoms with E-state index in [0.29, 0.717) is 47.9 Å². The Kier molecular flexibility index (Phi) is 6.87. The van der Waals surface area contributed by atoms with Crippen molar-refractivity contribution in [2.45, 2.75) is 38.2 Å². The molecule has 1 saturated heterocycles. The SMILES string of the molecule is COc1cc(C(=O)N2CC3(CC(O)C3)C2)c(Cl)cc1Nc1nccc(-c2cc(C#N)c3c(c2)C(C)(C)CN3[B]C=O)n1. The number of aliphatic hydroxyl groups excluding tert-OH is 1. The van der Waals surface area contributed by atoms with Gasteiger partial charge in [-0.1, -0.05) is 25.4 Å². The molecule has 42 heavy (non-hydrogen) atoms. The number of methoxy groups -OCH3 is 1. The summed E-state index contributed by atoms with van der Waals surface area (Å²) in [6, 6.07) is 11.0. The van der Waals surface area contributed by atoms with Crippen molar-refractivity contribution in [2.75, 3.05) is 36.9 Å². The van der Waals surface area contributed by atoms with Crippen LogP contribution in [0.5, 0.6) is 5.75 Å². The smallest absolute Gasteiger partial charge is 0.329 e.